The Morgan fingerprint density at radius 1 is 0.591 bits per heavy atom. The lowest BCUT2D eigenvalue weighted by Crippen LogP contribution is -1.85. The van der Waals surface area contributed by atoms with Crippen molar-refractivity contribution in [2.24, 2.45) is 0 Å². The van der Waals surface area contributed by atoms with Crippen molar-refractivity contribution >= 4 is 11.3 Å². The van der Waals surface area contributed by atoms with E-state index in [1.807, 2.05) is 27.7 Å². The Kier molecular flexibility index (Phi) is 7.13. The van der Waals surface area contributed by atoms with Gasteiger partial charge in [0.15, 0.2) is 0 Å². The predicted molar refractivity (Wildman–Crippen MR) is 90.6 cm³/mol. The highest BCUT2D eigenvalue weighted by molar-refractivity contribution is 7.11. The molecule has 0 aliphatic heterocycles. The summed E-state index contributed by atoms with van der Waals surface area (Å²) in [6, 6.07) is 0. The van der Waals surface area contributed by atoms with Gasteiger partial charge in [-0.1, -0.05) is 55.4 Å². The van der Waals surface area contributed by atoms with Crippen molar-refractivity contribution in [1.82, 2.24) is 20.4 Å². The van der Waals surface area contributed by atoms with E-state index >= 15 is 0 Å². The number of aromatic nitrogens is 4. The summed E-state index contributed by atoms with van der Waals surface area (Å²) in [5.74, 6) is 3.15. The molecular formula is C16H28N4OS. The van der Waals surface area contributed by atoms with Crippen molar-refractivity contribution in [3.63, 3.8) is 0 Å². The minimum atomic E-state index is 0.329. The zero-order valence-electron chi connectivity index (χ0n) is 14.9. The number of rotatable bonds is 4. The topological polar surface area (TPSA) is 64.7 Å². The fourth-order valence-electron chi connectivity index (χ4n) is 1.43. The zero-order chi connectivity index (χ0) is 16.9. The van der Waals surface area contributed by atoms with Crippen LogP contribution in [0.2, 0.25) is 0 Å². The minimum absolute atomic E-state index is 0.329. The van der Waals surface area contributed by atoms with Crippen LogP contribution in [0.15, 0.2) is 4.42 Å². The van der Waals surface area contributed by atoms with E-state index in [0.717, 1.165) is 21.8 Å². The smallest absolute Gasteiger partial charge is 0.219 e. The highest BCUT2D eigenvalue weighted by atomic mass is 32.1. The van der Waals surface area contributed by atoms with Crippen LogP contribution >= 0.6 is 11.3 Å². The van der Waals surface area contributed by atoms with Crippen molar-refractivity contribution in [2.45, 2.75) is 79.1 Å². The van der Waals surface area contributed by atoms with Gasteiger partial charge in [-0.15, -0.1) is 31.7 Å². The number of hydrogen-bond donors (Lipinski definition) is 0. The van der Waals surface area contributed by atoms with Gasteiger partial charge in [-0.25, -0.2) is 0 Å². The Hall–Kier alpha value is -1.30. The van der Waals surface area contributed by atoms with Gasteiger partial charge in [0, 0.05) is 23.7 Å². The normalized spacial score (nSPS) is 11.5. The van der Waals surface area contributed by atoms with E-state index < -0.39 is 0 Å². The lowest BCUT2D eigenvalue weighted by Gasteiger charge is -1.96. The van der Waals surface area contributed by atoms with Crippen molar-refractivity contribution in [2.75, 3.05) is 0 Å². The van der Waals surface area contributed by atoms with Crippen LogP contribution in [-0.2, 0) is 0 Å². The van der Waals surface area contributed by atoms with Gasteiger partial charge in [0.25, 0.3) is 0 Å². The van der Waals surface area contributed by atoms with Gasteiger partial charge in [0.2, 0.25) is 11.8 Å². The van der Waals surface area contributed by atoms with Gasteiger partial charge < -0.3 is 4.42 Å². The molecule has 0 aromatic carbocycles. The molecule has 0 spiro atoms. The van der Waals surface area contributed by atoms with Crippen LogP contribution in [0.25, 0.3) is 0 Å². The average molecular weight is 324 g/mol. The molecule has 2 aromatic rings. The highest BCUT2D eigenvalue weighted by Gasteiger charge is 2.11. The second kappa shape index (κ2) is 8.36. The first-order chi connectivity index (χ1) is 10.2. The fraction of sp³-hybridized carbons (Fsp3) is 0.750. The summed E-state index contributed by atoms with van der Waals surface area (Å²) in [6.45, 7) is 16.7. The van der Waals surface area contributed by atoms with E-state index in [1.54, 1.807) is 11.3 Å². The van der Waals surface area contributed by atoms with Crippen molar-refractivity contribution in [3.8, 4) is 0 Å². The molecule has 0 aliphatic carbocycles. The minimum Gasteiger partial charge on any atom is -0.425 e. The predicted octanol–water partition coefficient (Wildman–Crippen LogP) is 5.10. The molecule has 0 amide bonds. The second-order valence-electron chi connectivity index (χ2n) is 6.58. The Labute approximate surface area is 137 Å². The average Bonchev–Trinajstić information content (AvgIpc) is 3.09. The first-order valence-corrected chi connectivity index (χ1v) is 8.70. The maximum Gasteiger partial charge on any atom is 0.219 e. The summed E-state index contributed by atoms with van der Waals surface area (Å²) < 4.78 is 5.38. The molecule has 2 rings (SSSR count). The Morgan fingerprint density at radius 2 is 0.955 bits per heavy atom. The summed E-state index contributed by atoms with van der Waals surface area (Å²) in [7, 11) is 0. The second-order valence-corrected chi connectivity index (χ2v) is 7.62. The molecule has 22 heavy (non-hydrogen) atoms. The Bertz CT molecular complexity index is 463. The molecule has 6 heteroatoms. The number of hydrogen-bond acceptors (Lipinski definition) is 6. The molecular weight excluding hydrogens is 296 g/mol. The molecule has 5 nitrogen and oxygen atoms in total. The molecule has 0 saturated carbocycles. The Balaban J connectivity index is 0.000000220. The van der Waals surface area contributed by atoms with Gasteiger partial charge in [0.05, 0.1) is 0 Å². The summed E-state index contributed by atoms with van der Waals surface area (Å²) in [6.07, 6.45) is 0. The van der Waals surface area contributed by atoms with Crippen molar-refractivity contribution < 1.29 is 4.42 Å². The highest BCUT2D eigenvalue weighted by Crippen LogP contribution is 2.23. The molecule has 0 unspecified atom stereocenters. The molecule has 0 saturated heterocycles. The van der Waals surface area contributed by atoms with Gasteiger partial charge in [0.1, 0.15) is 10.0 Å². The van der Waals surface area contributed by atoms with Crippen LogP contribution in [0.5, 0.6) is 0 Å². The zero-order valence-corrected chi connectivity index (χ0v) is 15.7. The van der Waals surface area contributed by atoms with Gasteiger partial charge in [-0.05, 0) is 0 Å². The molecule has 2 aromatic heterocycles. The van der Waals surface area contributed by atoms with E-state index in [0.29, 0.717) is 23.7 Å². The van der Waals surface area contributed by atoms with Crippen molar-refractivity contribution in [1.29, 1.82) is 0 Å². The third-order valence-electron chi connectivity index (χ3n) is 2.89. The summed E-state index contributed by atoms with van der Waals surface area (Å²) in [5, 5.41) is 18.3. The maximum absolute atomic E-state index is 5.38. The molecule has 0 aliphatic rings. The summed E-state index contributed by atoms with van der Waals surface area (Å²) in [5.41, 5.74) is 0. The molecule has 2 heterocycles. The first-order valence-electron chi connectivity index (χ1n) is 7.88. The van der Waals surface area contributed by atoms with Crippen LogP contribution in [0.1, 0.15) is 101 Å². The standard InChI is InChI=1S/C8H14N2O.C8H14N2S/c2*1-5(2)7-9-10-8(11-7)6(3)4/h2*5-6H,1-4H3. The SMILES string of the molecule is CC(C)c1nnc(C(C)C)o1.CC(C)c1nnc(C(C)C)s1. The van der Waals surface area contributed by atoms with E-state index in [1.165, 1.54) is 0 Å². The van der Waals surface area contributed by atoms with Crippen LogP contribution in [0.4, 0.5) is 0 Å². The van der Waals surface area contributed by atoms with Gasteiger partial charge in [-0.3, -0.25) is 0 Å². The van der Waals surface area contributed by atoms with Crippen LogP contribution in [0, 0.1) is 0 Å². The monoisotopic (exact) mass is 324 g/mol. The van der Waals surface area contributed by atoms with E-state index in [-0.39, 0.29) is 0 Å². The van der Waals surface area contributed by atoms with Crippen LogP contribution < -0.4 is 0 Å². The van der Waals surface area contributed by atoms with Gasteiger partial charge in [-0.2, -0.15) is 0 Å². The summed E-state index contributed by atoms with van der Waals surface area (Å²) >= 11 is 1.73. The van der Waals surface area contributed by atoms with Crippen LogP contribution in [0.3, 0.4) is 0 Å². The van der Waals surface area contributed by atoms with Crippen LogP contribution in [-0.4, -0.2) is 20.4 Å². The fourth-order valence-corrected chi connectivity index (χ4v) is 2.28. The van der Waals surface area contributed by atoms with Gasteiger partial charge >= 0.3 is 0 Å². The molecule has 124 valence electrons. The quantitative estimate of drug-likeness (QED) is 0.782. The van der Waals surface area contributed by atoms with Crippen molar-refractivity contribution in [3.05, 3.63) is 21.8 Å². The van der Waals surface area contributed by atoms with E-state index in [9.17, 15) is 0 Å². The Morgan fingerprint density at radius 3 is 1.14 bits per heavy atom. The lowest BCUT2D eigenvalue weighted by atomic mass is 10.2. The third kappa shape index (κ3) is 5.48. The third-order valence-corrected chi connectivity index (χ3v) is 4.41. The van der Waals surface area contributed by atoms with E-state index in [4.69, 9.17) is 4.42 Å². The molecule has 0 fully saturated rings. The number of nitrogens with zero attached hydrogens (tertiary/aromatic N) is 4. The first kappa shape index (κ1) is 18.7. The molecule has 0 radical (unpaired) electrons. The lowest BCUT2D eigenvalue weighted by molar-refractivity contribution is 0.417. The molecule has 0 bridgehead atoms. The molecule has 0 atom stereocenters. The summed E-state index contributed by atoms with van der Waals surface area (Å²) in [4.78, 5) is 0. The maximum atomic E-state index is 5.38. The molecule has 0 N–H and O–H groups in total. The van der Waals surface area contributed by atoms with E-state index in [2.05, 4.69) is 48.1 Å². The largest absolute Gasteiger partial charge is 0.425 e.